The lowest BCUT2D eigenvalue weighted by molar-refractivity contribution is 0.203. The minimum atomic E-state index is -0.0368. The van der Waals surface area contributed by atoms with E-state index >= 15 is 0 Å². The number of para-hydroxylation sites is 1. The predicted molar refractivity (Wildman–Crippen MR) is 79.7 cm³/mol. The average Bonchev–Trinajstić information content (AvgIpc) is 2.54. The number of hydrogen-bond acceptors (Lipinski definition) is 4. The van der Waals surface area contributed by atoms with Crippen molar-refractivity contribution >= 4 is 16.6 Å². The Morgan fingerprint density at radius 2 is 1.90 bits per heavy atom. The number of piperidine rings is 1. The predicted octanol–water partition coefficient (Wildman–Crippen LogP) is 1.94. The van der Waals surface area contributed by atoms with Crippen molar-refractivity contribution < 1.29 is 10.2 Å². The molecule has 4 nitrogen and oxygen atoms in total. The van der Waals surface area contributed by atoms with Crippen molar-refractivity contribution in [1.29, 1.82) is 0 Å². The Labute approximate surface area is 118 Å². The Kier molecular flexibility index (Phi) is 3.85. The number of pyridine rings is 1. The van der Waals surface area contributed by atoms with Crippen molar-refractivity contribution in [3.63, 3.8) is 0 Å². The molecule has 20 heavy (non-hydrogen) atoms. The van der Waals surface area contributed by atoms with E-state index in [1.807, 2.05) is 24.3 Å². The van der Waals surface area contributed by atoms with Gasteiger partial charge in [0.2, 0.25) is 0 Å². The first-order valence-corrected chi connectivity index (χ1v) is 7.17. The first kappa shape index (κ1) is 13.3. The average molecular weight is 272 g/mol. The van der Waals surface area contributed by atoms with Crippen molar-refractivity contribution in [2.45, 2.75) is 19.4 Å². The van der Waals surface area contributed by atoms with Crippen LogP contribution < -0.4 is 4.90 Å². The Hall–Kier alpha value is -1.65. The van der Waals surface area contributed by atoms with Gasteiger partial charge >= 0.3 is 0 Å². The molecule has 1 saturated heterocycles. The Bertz CT molecular complexity index is 592. The summed E-state index contributed by atoms with van der Waals surface area (Å²) in [4.78, 5) is 6.81. The molecule has 0 unspecified atom stereocenters. The van der Waals surface area contributed by atoms with E-state index in [2.05, 4.69) is 16.0 Å². The van der Waals surface area contributed by atoms with Crippen LogP contribution in [0.3, 0.4) is 0 Å². The van der Waals surface area contributed by atoms with Crippen LogP contribution in [-0.2, 0) is 6.61 Å². The number of rotatable bonds is 3. The highest BCUT2D eigenvalue weighted by Gasteiger charge is 2.20. The minimum absolute atomic E-state index is 0.0368. The van der Waals surface area contributed by atoms with E-state index in [9.17, 15) is 10.2 Å². The molecule has 0 spiro atoms. The maximum absolute atomic E-state index is 9.39. The summed E-state index contributed by atoms with van der Waals surface area (Å²) in [7, 11) is 0. The van der Waals surface area contributed by atoms with Crippen LogP contribution in [0.2, 0.25) is 0 Å². The van der Waals surface area contributed by atoms with Gasteiger partial charge in [0.1, 0.15) is 0 Å². The molecule has 106 valence electrons. The van der Waals surface area contributed by atoms with Gasteiger partial charge in [-0.3, -0.25) is 4.98 Å². The van der Waals surface area contributed by atoms with Gasteiger partial charge in [0.05, 0.1) is 17.8 Å². The standard InChI is InChI=1S/C16H20N2O2/c19-10-12-5-7-18(8-6-12)16-9-13(11-20)17-15-4-2-1-3-14(15)16/h1-4,9,12,19-20H,5-8,10-11H2. The number of aliphatic hydroxyl groups excluding tert-OH is 2. The molecule has 0 radical (unpaired) electrons. The molecule has 1 fully saturated rings. The molecule has 1 aliphatic heterocycles. The van der Waals surface area contributed by atoms with Crippen molar-refractivity contribution in [3.05, 3.63) is 36.0 Å². The first-order chi connectivity index (χ1) is 9.81. The SMILES string of the molecule is OCc1cc(N2CCC(CO)CC2)c2ccccc2n1. The normalized spacial score (nSPS) is 16.8. The molecule has 3 rings (SSSR count). The van der Waals surface area contributed by atoms with Crippen molar-refractivity contribution in [2.75, 3.05) is 24.6 Å². The second-order valence-corrected chi connectivity index (χ2v) is 5.42. The zero-order valence-corrected chi connectivity index (χ0v) is 11.5. The van der Waals surface area contributed by atoms with Gasteiger partial charge in [0, 0.05) is 30.8 Å². The van der Waals surface area contributed by atoms with Crippen LogP contribution in [-0.4, -0.2) is 34.9 Å². The lowest BCUT2D eigenvalue weighted by Crippen LogP contribution is -2.35. The quantitative estimate of drug-likeness (QED) is 0.896. The molecule has 0 amide bonds. The fraction of sp³-hybridized carbons (Fsp3) is 0.438. The molecule has 0 bridgehead atoms. The molecule has 0 atom stereocenters. The lowest BCUT2D eigenvalue weighted by atomic mass is 9.97. The Morgan fingerprint density at radius 1 is 1.15 bits per heavy atom. The molecule has 0 aliphatic carbocycles. The van der Waals surface area contributed by atoms with Crippen LogP contribution in [0.1, 0.15) is 18.5 Å². The maximum Gasteiger partial charge on any atom is 0.0854 e. The van der Waals surface area contributed by atoms with Gasteiger partial charge < -0.3 is 15.1 Å². The number of nitrogens with zero attached hydrogens (tertiary/aromatic N) is 2. The highest BCUT2D eigenvalue weighted by molar-refractivity contribution is 5.92. The molecular formula is C16H20N2O2. The van der Waals surface area contributed by atoms with Crippen molar-refractivity contribution in [3.8, 4) is 0 Å². The third-order valence-corrected chi connectivity index (χ3v) is 4.12. The van der Waals surface area contributed by atoms with Gasteiger partial charge in [-0.1, -0.05) is 18.2 Å². The number of aliphatic hydroxyl groups is 2. The molecule has 4 heteroatoms. The third-order valence-electron chi connectivity index (χ3n) is 4.12. The van der Waals surface area contributed by atoms with E-state index in [-0.39, 0.29) is 13.2 Å². The number of fused-ring (bicyclic) bond motifs is 1. The molecule has 1 aromatic carbocycles. The van der Waals surface area contributed by atoms with E-state index in [4.69, 9.17) is 0 Å². The maximum atomic E-state index is 9.39. The number of anilines is 1. The summed E-state index contributed by atoms with van der Waals surface area (Å²) in [6.07, 6.45) is 2.03. The van der Waals surface area contributed by atoms with Gasteiger partial charge in [-0.15, -0.1) is 0 Å². The monoisotopic (exact) mass is 272 g/mol. The fourth-order valence-corrected chi connectivity index (χ4v) is 2.91. The minimum Gasteiger partial charge on any atom is -0.396 e. The van der Waals surface area contributed by atoms with Crippen LogP contribution in [0.5, 0.6) is 0 Å². The molecule has 2 heterocycles. The molecule has 2 N–H and O–H groups in total. The van der Waals surface area contributed by atoms with E-state index in [1.54, 1.807) is 0 Å². The van der Waals surface area contributed by atoms with Gasteiger partial charge in [-0.05, 0) is 30.9 Å². The van der Waals surface area contributed by atoms with Crippen molar-refractivity contribution in [1.82, 2.24) is 4.98 Å². The van der Waals surface area contributed by atoms with E-state index < -0.39 is 0 Å². The first-order valence-electron chi connectivity index (χ1n) is 7.17. The van der Waals surface area contributed by atoms with Gasteiger partial charge in [0.25, 0.3) is 0 Å². The number of benzene rings is 1. The molecule has 0 saturated carbocycles. The number of aromatic nitrogens is 1. The smallest absolute Gasteiger partial charge is 0.0854 e. The summed E-state index contributed by atoms with van der Waals surface area (Å²) < 4.78 is 0. The topological polar surface area (TPSA) is 56.6 Å². The van der Waals surface area contributed by atoms with Crippen LogP contribution in [0, 0.1) is 5.92 Å². The Morgan fingerprint density at radius 3 is 2.60 bits per heavy atom. The molecular weight excluding hydrogens is 252 g/mol. The third kappa shape index (κ3) is 2.49. The van der Waals surface area contributed by atoms with Crippen LogP contribution in [0.4, 0.5) is 5.69 Å². The highest BCUT2D eigenvalue weighted by atomic mass is 16.3. The van der Waals surface area contributed by atoms with Crippen LogP contribution in [0.15, 0.2) is 30.3 Å². The zero-order valence-electron chi connectivity index (χ0n) is 11.5. The second kappa shape index (κ2) is 5.77. The summed E-state index contributed by atoms with van der Waals surface area (Å²) in [5.74, 6) is 0.427. The zero-order chi connectivity index (χ0) is 13.9. The molecule has 1 aromatic heterocycles. The number of hydrogen-bond donors (Lipinski definition) is 2. The lowest BCUT2D eigenvalue weighted by Gasteiger charge is -2.33. The van der Waals surface area contributed by atoms with Crippen molar-refractivity contribution in [2.24, 2.45) is 5.92 Å². The highest BCUT2D eigenvalue weighted by Crippen LogP contribution is 2.30. The second-order valence-electron chi connectivity index (χ2n) is 5.42. The van der Waals surface area contributed by atoms with Crippen LogP contribution in [0.25, 0.3) is 10.9 Å². The van der Waals surface area contributed by atoms with Gasteiger partial charge in [-0.2, -0.15) is 0 Å². The molecule has 1 aliphatic rings. The summed E-state index contributed by atoms with van der Waals surface area (Å²) in [5.41, 5.74) is 2.79. The largest absolute Gasteiger partial charge is 0.396 e. The van der Waals surface area contributed by atoms with E-state index in [1.165, 1.54) is 0 Å². The van der Waals surface area contributed by atoms with E-state index in [0.717, 1.165) is 42.5 Å². The molecule has 2 aromatic rings. The van der Waals surface area contributed by atoms with Gasteiger partial charge in [0.15, 0.2) is 0 Å². The fourth-order valence-electron chi connectivity index (χ4n) is 2.91. The van der Waals surface area contributed by atoms with Gasteiger partial charge in [-0.25, -0.2) is 0 Å². The van der Waals surface area contributed by atoms with Crippen LogP contribution >= 0.6 is 0 Å². The Balaban J connectivity index is 1.98. The van der Waals surface area contributed by atoms with E-state index in [0.29, 0.717) is 11.6 Å². The summed E-state index contributed by atoms with van der Waals surface area (Å²) in [6, 6.07) is 10.0. The summed E-state index contributed by atoms with van der Waals surface area (Å²) in [6.45, 7) is 2.14. The summed E-state index contributed by atoms with van der Waals surface area (Å²) in [5, 5.41) is 19.8. The summed E-state index contributed by atoms with van der Waals surface area (Å²) >= 11 is 0.